The Kier molecular flexibility index (Phi) is 6.74. The Morgan fingerprint density at radius 3 is 2.74 bits per heavy atom. The Labute approximate surface area is 114 Å². The van der Waals surface area contributed by atoms with Crippen LogP contribution in [0.2, 0.25) is 0 Å². The molecule has 0 heterocycles. The van der Waals surface area contributed by atoms with Crippen LogP contribution in [0.15, 0.2) is 24.3 Å². The fraction of sp³-hybridized carbons (Fsp3) is 0.500. The topological polar surface area (TPSA) is 70.6 Å². The summed E-state index contributed by atoms with van der Waals surface area (Å²) in [7, 11) is 0. The van der Waals surface area contributed by atoms with Crippen LogP contribution in [0.5, 0.6) is 5.75 Å². The minimum absolute atomic E-state index is 0.0238. The number of carbonyl (C=O) groups excluding carboxylic acids is 1. The minimum Gasteiger partial charge on any atom is -0.492 e. The monoisotopic (exact) mass is 266 g/mol. The van der Waals surface area contributed by atoms with Crippen LogP contribution in [0.4, 0.5) is 10.5 Å². The molecule has 0 spiro atoms. The summed E-state index contributed by atoms with van der Waals surface area (Å²) in [4.78, 5) is 11.9. The number of anilines is 1. The fourth-order valence-electron chi connectivity index (χ4n) is 1.73. The molecule has 0 radical (unpaired) electrons. The van der Waals surface area contributed by atoms with Gasteiger partial charge < -0.3 is 20.5 Å². The standard InChI is InChI=1S/C14H22N2O3/c1-3-11(9-10-17)15-14(18)16-12-7-5-6-8-13(12)19-4-2/h5-8,11,17H,3-4,9-10H2,1-2H3,(H2,15,16,18). The van der Waals surface area contributed by atoms with Gasteiger partial charge in [-0.1, -0.05) is 19.1 Å². The Balaban J connectivity index is 2.61. The lowest BCUT2D eigenvalue weighted by atomic mass is 10.2. The summed E-state index contributed by atoms with van der Waals surface area (Å²) in [6.07, 6.45) is 1.33. The van der Waals surface area contributed by atoms with Crippen LogP contribution in [-0.4, -0.2) is 30.4 Å². The number of rotatable bonds is 7. The summed E-state index contributed by atoms with van der Waals surface area (Å²) < 4.78 is 5.43. The summed E-state index contributed by atoms with van der Waals surface area (Å²) in [6, 6.07) is 6.98. The predicted octanol–water partition coefficient (Wildman–Crippen LogP) is 2.37. The third kappa shape index (κ3) is 5.18. The third-order valence-corrected chi connectivity index (χ3v) is 2.74. The molecule has 0 aromatic heterocycles. The first-order chi connectivity index (χ1) is 9.21. The molecule has 5 heteroatoms. The molecule has 5 nitrogen and oxygen atoms in total. The van der Waals surface area contributed by atoms with Crippen molar-refractivity contribution in [3.63, 3.8) is 0 Å². The number of hydrogen-bond acceptors (Lipinski definition) is 3. The quantitative estimate of drug-likeness (QED) is 0.709. The number of hydrogen-bond donors (Lipinski definition) is 3. The van der Waals surface area contributed by atoms with E-state index in [0.717, 1.165) is 6.42 Å². The second-order valence-electron chi connectivity index (χ2n) is 4.15. The van der Waals surface area contributed by atoms with E-state index < -0.39 is 0 Å². The van der Waals surface area contributed by atoms with E-state index in [0.29, 0.717) is 24.5 Å². The van der Waals surface area contributed by atoms with Crippen LogP contribution in [0, 0.1) is 0 Å². The van der Waals surface area contributed by atoms with Crippen molar-refractivity contribution in [2.75, 3.05) is 18.5 Å². The number of para-hydroxylation sites is 2. The van der Waals surface area contributed by atoms with E-state index >= 15 is 0 Å². The van der Waals surface area contributed by atoms with Gasteiger partial charge in [0, 0.05) is 12.6 Å². The van der Waals surface area contributed by atoms with Gasteiger partial charge in [-0.25, -0.2) is 4.79 Å². The predicted molar refractivity (Wildman–Crippen MR) is 75.5 cm³/mol. The third-order valence-electron chi connectivity index (χ3n) is 2.74. The van der Waals surface area contributed by atoms with Gasteiger partial charge in [-0.2, -0.15) is 0 Å². The van der Waals surface area contributed by atoms with Crippen molar-refractivity contribution in [1.29, 1.82) is 0 Å². The van der Waals surface area contributed by atoms with Crippen molar-refractivity contribution >= 4 is 11.7 Å². The van der Waals surface area contributed by atoms with Crippen molar-refractivity contribution in [3.8, 4) is 5.75 Å². The smallest absolute Gasteiger partial charge is 0.319 e. The molecule has 106 valence electrons. The highest BCUT2D eigenvalue weighted by atomic mass is 16.5. The van der Waals surface area contributed by atoms with Crippen LogP contribution in [0.3, 0.4) is 0 Å². The summed E-state index contributed by atoms with van der Waals surface area (Å²) in [5, 5.41) is 14.5. The number of nitrogens with one attached hydrogen (secondary N) is 2. The average molecular weight is 266 g/mol. The number of ether oxygens (including phenoxy) is 1. The highest BCUT2D eigenvalue weighted by Crippen LogP contribution is 2.23. The molecule has 3 N–H and O–H groups in total. The van der Waals surface area contributed by atoms with E-state index in [1.165, 1.54) is 0 Å². The van der Waals surface area contributed by atoms with Crippen molar-refractivity contribution in [2.24, 2.45) is 0 Å². The lowest BCUT2D eigenvalue weighted by Gasteiger charge is -2.17. The largest absolute Gasteiger partial charge is 0.492 e. The van der Waals surface area contributed by atoms with Gasteiger partial charge in [0.25, 0.3) is 0 Å². The molecule has 0 aliphatic rings. The number of carbonyl (C=O) groups is 1. The summed E-state index contributed by atoms with van der Waals surface area (Å²) in [5.74, 6) is 0.648. The SMILES string of the molecule is CCOc1ccccc1NC(=O)NC(CC)CCO. The van der Waals surface area contributed by atoms with Gasteiger partial charge in [0.1, 0.15) is 5.75 Å². The van der Waals surface area contributed by atoms with Crippen LogP contribution < -0.4 is 15.4 Å². The van der Waals surface area contributed by atoms with Crippen LogP contribution in [-0.2, 0) is 0 Å². The van der Waals surface area contributed by atoms with Crippen molar-refractivity contribution < 1.29 is 14.6 Å². The van der Waals surface area contributed by atoms with Crippen LogP contribution in [0.25, 0.3) is 0 Å². The normalized spacial score (nSPS) is 11.7. The van der Waals surface area contributed by atoms with Gasteiger partial charge in [0.05, 0.1) is 12.3 Å². The second kappa shape index (κ2) is 8.37. The number of benzene rings is 1. The van der Waals surface area contributed by atoms with E-state index in [-0.39, 0.29) is 18.7 Å². The molecule has 1 aromatic rings. The Hall–Kier alpha value is -1.75. The maximum absolute atomic E-state index is 11.9. The van der Waals surface area contributed by atoms with Gasteiger partial charge in [0.15, 0.2) is 0 Å². The molecule has 19 heavy (non-hydrogen) atoms. The molecule has 0 bridgehead atoms. The van der Waals surface area contributed by atoms with Crippen LogP contribution >= 0.6 is 0 Å². The zero-order valence-corrected chi connectivity index (χ0v) is 11.5. The number of aliphatic hydroxyl groups excluding tert-OH is 1. The molecule has 0 saturated carbocycles. The molecule has 2 amide bonds. The first-order valence-corrected chi connectivity index (χ1v) is 6.61. The molecule has 0 aliphatic heterocycles. The zero-order chi connectivity index (χ0) is 14.1. The first-order valence-electron chi connectivity index (χ1n) is 6.61. The maximum atomic E-state index is 11.9. The molecule has 1 rings (SSSR count). The Morgan fingerprint density at radius 1 is 1.37 bits per heavy atom. The highest BCUT2D eigenvalue weighted by molar-refractivity contribution is 5.91. The summed E-state index contributed by atoms with van der Waals surface area (Å²) in [6.45, 7) is 4.47. The van der Waals surface area contributed by atoms with Crippen LogP contribution in [0.1, 0.15) is 26.7 Å². The lowest BCUT2D eigenvalue weighted by Crippen LogP contribution is -2.38. The average Bonchev–Trinajstić information content (AvgIpc) is 2.40. The van der Waals surface area contributed by atoms with E-state index in [2.05, 4.69) is 10.6 Å². The van der Waals surface area contributed by atoms with Crippen molar-refractivity contribution in [1.82, 2.24) is 5.32 Å². The molecular formula is C14H22N2O3. The number of urea groups is 1. The van der Waals surface area contributed by atoms with Gasteiger partial charge in [-0.3, -0.25) is 0 Å². The van der Waals surface area contributed by atoms with E-state index in [4.69, 9.17) is 9.84 Å². The van der Waals surface area contributed by atoms with Gasteiger partial charge in [0.2, 0.25) is 0 Å². The van der Waals surface area contributed by atoms with Gasteiger partial charge in [-0.05, 0) is 31.9 Å². The second-order valence-corrected chi connectivity index (χ2v) is 4.15. The Bertz CT molecular complexity index is 396. The molecule has 0 aliphatic carbocycles. The lowest BCUT2D eigenvalue weighted by molar-refractivity contribution is 0.237. The number of aliphatic hydroxyl groups is 1. The summed E-state index contributed by atoms with van der Waals surface area (Å²) in [5.41, 5.74) is 0.640. The molecule has 0 fully saturated rings. The minimum atomic E-state index is -0.285. The fourth-order valence-corrected chi connectivity index (χ4v) is 1.73. The van der Waals surface area contributed by atoms with E-state index in [1.807, 2.05) is 32.0 Å². The Morgan fingerprint density at radius 2 is 2.11 bits per heavy atom. The molecule has 1 aromatic carbocycles. The van der Waals surface area contributed by atoms with E-state index in [1.54, 1.807) is 6.07 Å². The van der Waals surface area contributed by atoms with Crippen molar-refractivity contribution in [3.05, 3.63) is 24.3 Å². The molecule has 1 unspecified atom stereocenters. The first kappa shape index (κ1) is 15.3. The highest BCUT2D eigenvalue weighted by Gasteiger charge is 2.11. The van der Waals surface area contributed by atoms with E-state index in [9.17, 15) is 4.79 Å². The van der Waals surface area contributed by atoms with Gasteiger partial charge in [-0.15, -0.1) is 0 Å². The zero-order valence-electron chi connectivity index (χ0n) is 11.5. The maximum Gasteiger partial charge on any atom is 0.319 e. The van der Waals surface area contributed by atoms with Crippen molar-refractivity contribution in [2.45, 2.75) is 32.7 Å². The molecule has 0 saturated heterocycles. The summed E-state index contributed by atoms with van der Waals surface area (Å²) >= 11 is 0. The molecular weight excluding hydrogens is 244 g/mol. The van der Waals surface area contributed by atoms with Gasteiger partial charge >= 0.3 is 6.03 Å². The molecule has 1 atom stereocenters. The number of amides is 2.